The van der Waals surface area contributed by atoms with E-state index in [-0.39, 0.29) is 17.9 Å². The van der Waals surface area contributed by atoms with Crippen molar-refractivity contribution < 1.29 is 9.59 Å². The molecule has 0 saturated heterocycles. The largest absolute Gasteiger partial charge is 0.348 e. The molecule has 10 heteroatoms. The smallest absolute Gasteiger partial charge is 0.276 e. The summed E-state index contributed by atoms with van der Waals surface area (Å²) in [4.78, 5) is 37.3. The van der Waals surface area contributed by atoms with E-state index in [1.165, 1.54) is 30.2 Å². The lowest BCUT2D eigenvalue weighted by Crippen LogP contribution is -2.37. The van der Waals surface area contributed by atoms with Gasteiger partial charge in [-0.1, -0.05) is 96.3 Å². The third-order valence-corrected chi connectivity index (χ3v) is 11.5. The molecule has 0 spiro atoms. The van der Waals surface area contributed by atoms with Crippen LogP contribution in [0.25, 0.3) is 11.3 Å². The zero-order valence-electron chi connectivity index (χ0n) is 28.3. The van der Waals surface area contributed by atoms with E-state index in [0.29, 0.717) is 44.4 Å². The van der Waals surface area contributed by atoms with E-state index in [2.05, 4.69) is 28.3 Å². The molecule has 262 valence electrons. The van der Waals surface area contributed by atoms with Crippen molar-refractivity contribution in [1.82, 2.24) is 15.3 Å². The minimum absolute atomic E-state index is 0.0685. The number of thioether (sulfide) groups is 1. The number of anilines is 1. The molecule has 6 nitrogen and oxygen atoms in total. The maximum atomic E-state index is 13.1. The predicted molar refractivity (Wildman–Crippen MR) is 210 cm³/mol. The summed E-state index contributed by atoms with van der Waals surface area (Å²) in [7, 11) is 0. The summed E-state index contributed by atoms with van der Waals surface area (Å²) in [6.07, 6.45) is 6.42. The van der Waals surface area contributed by atoms with Gasteiger partial charge in [0.1, 0.15) is 11.4 Å². The Kier molecular flexibility index (Phi) is 12.7. The quantitative estimate of drug-likeness (QED) is 0.167. The van der Waals surface area contributed by atoms with Gasteiger partial charge in [-0.25, -0.2) is 9.97 Å². The molecule has 5 aromatic rings. The fourth-order valence-corrected chi connectivity index (χ4v) is 8.19. The van der Waals surface area contributed by atoms with Crippen LogP contribution in [0.3, 0.4) is 0 Å². The SMILES string of the molecule is CC1CCC(NC(=O)c2cccc(CSc3c(Cl)cccc3Cl)n2)CC1.O=C(c1cccc(-c2ccccc2Cl)n1)N1CCCc2ccccc21. The summed E-state index contributed by atoms with van der Waals surface area (Å²) in [5, 5.41) is 5.01. The van der Waals surface area contributed by atoms with Crippen LogP contribution in [-0.2, 0) is 12.2 Å². The zero-order chi connectivity index (χ0) is 35.7. The van der Waals surface area contributed by atoms with Crippen LogP contribution >= 0.6 is 46.6 Å². The molecule has 0 bridgehead atoms. The van der Waals surface area contributed by atoms with E-state index < -0.39 is 0 Å². The lowest BCUT2D eigenvalue weighted by atomic mass is 9.87. The van der Waals surface area contributed by atoms with Crippen molar-refractivity contribution in [3.63, 3.8) is 0 Å². The number of rotatable bonds is 7. The molecular formula is C41H39Cl3N4O2S. The standard InChI is InChI=1S/C21H17ClN2O.C20H22Cl2N2OS/c22-17-10-3-2-9-16(17)18-11-5-12-19(23-18)21(25)24-14-6-8-15-7-1-4-13-20(15)24;1-13-8-10-14(11-9-13)24-20(25)18-7-2-4-15(23-18)12-26-19-16(21)5-3-6-17(19)22/h1-5,7,9-13H,6,8,14H2;2-7,13-14H,8-12H2,1H3,(H,24,25). The Morgan fingerprint density at radius 1 is 0.765 bits per heavy atom. The van der Waals surface area contributed by atoms with Gasteiger partial charge >= 0.3 is 0 Å². The van der Waals surface area contributed by atoms with Crippen LogP contribution in [0.5, 0.6) is 0 Å². The van der Waals surface area contributed by atoms with Gasteiger partial charge in [-0.2, -0.15) is 0 Å². The molecule has 3 aromatic carbocycles. The molecule has 7 rings (SSSR count). The summed E-state index contributed by atoms with van der Waals surface area (Å²) in [5.74, 6) is 1.21. The average molecular weight is 758 g/mol. The van der Waals surface area contributed by atoms with Crippen molar-refractivity contribution in [3.8, 4) is 11.3 Å². The second-order valence-corrected chi connectivity index (χ2v) is 15.1. The molecule has 2 amide bonds. The third-order valence-electron chi connectivity index (χ3n) is 9.15. The van der Waals surface area contributed by atoms with Crippen LogP contribution in [0, 0.1) is 5.92 Å². The molecular weight excluding hydrogens is 719 g/mol. The van der Waals surface area contributed by atoms with Gasteiger partial charge in [-0.3, -0.25) is 9.59 Å². The van der Waals surface area contributed by atoms with Gasteiger partial charge in [-0.15, -0.1) is 11.8 Å². The van der Waals surface area contributed by atoms with Crippen molar-refractivity contribution in [2.24, 2.45) is 5.92 Å². The van der Waals surface area contributed by atoms with E-state index in [1.807, 2.05) is 89.8 Å². The Balaban J connectivity index is 0.000000176. The van der Waals surface area contributed by atoms with Crippen molar-refractivity contribution in [2.75, 3.05) is 11.4 Å². The summed E-state index contributed by atoms with van der Waals surface area (Å²) < 4.78 is 0. The molecule has 0 radical (unpaired) electrons. The number of pyridine rings is 2. The van der Waals surface area contributed by atoms with Gasteiger partial charge < -0.3 is 10.2 Å². The van der Waals surface area contributed by atoms with E-state index in [9.17, 15) is 9.59 Å². The maximum absolute atomic E-state index is 13.1. The summed E-state index contributed by atoms with van der Waals surface area (Å²) in [6.45, 7) is 2.99. The summed E-state index contributed by atoms with van der Waals surface area (Å²) in [6, 6.07) is 32.4. The first-order valence-electron chi connectivity index (χ1n) is 17.2. The highest BCUT2D eigenvalue weighted by molar-refractivity contribution is 7.98. The topological polar surface area (TPSA) is 75.2 Å². The van der Waals surface area contributed by atoms with E-state index >= 15 is 0 Å². The maximum Gasteiger partial charge on any atom is 0.276 e. The first-order chi connectivity index (χ1) is 24.8. The number of hydrogen-bond donors (Lipinski definition) is 1. The number of amides is 2. The molecule has 1 N–H and O–H groups in total. The highest BCUT2D eigenvalue weighted by Gasteiger charge is 2.25. The predicted octanol–water partition coefficient (Wildman–Crippen LogP) is 11.0. The second-order valence-electron chi connectivity index (χ2n) is 12.9. The molecule has 0 unspecified atom stereocenters. The lowest BCUT2D eigenvalue weighted by molar-refractivity contribution is 0.0916. The highest BCUT2D eigenvalue weighted by atomic mass is 35.5. The highest BCUT2D eigenvalue weighted by Crippen LogP contribution is 2.35. The Bertz CT molecular complexity index is 1980. The number of fused-ring (bicyclic) bond motifs is 1. The van der Waals surface area contributed by atoms with Gasteiger partial charge in [0, 0.05) is 39.5 Å². The van der Waals surface area contributed by atoms with Gasteiger partial charge in [0.15, 0.2) is 0 Å². The Hall–Kier alpha value is -3.88. The number of nitrogens with zero attached hydrogens (tertiary/aromatic N) is 3. The normalized spacial score (nSPS) is 16.7. The third kappa shape index (κ3) is 9.52. The monoisotopic (exact) mass is 756 g/mol. The fourth-order valence-electron chi connectivity index (χ4n) is 6.37. The van der Waals surface area contributed by atoms with Gasteiger partial charge in [-0.05, 0) is 98.5 Å². The zero-order valence-corrected chi connectivity index (χ0v) is 31.4. The van der Waals surface area contributed by atoms with Crippen LogP contribution in [0.4, 0.5) is 5.69 Å². The number of hydrogen-bond acceptors (Lipinski definition) is 5. The number of carbonyl (C=O) groups is 2. The number of nitrogens with one attached hydrogen (secondary N) is 1. The van der Waals surface area contributed by atoms with Crippen molar-refractivity contribution in [3.05, 3.63) is 141 Å². The van der Waals surface area contributed by atoms with E-state index in [4.69, 9.17) is 34.8 Å². The molecule has 2 aliphatic rings. The molecule has 1 saturated carbocycles. The summed E-state index contributed by atoms with van der Waals surface area (Å²) >= 11 is 20.2. The van der Waals surface area contributed by atoms with E-state index in [1.54, 1.807) is 12.1 Å². The van der Waals surface area contributed by atoms with Crippen LogP contribution in [0.15, 0.2) is 108 Å². The Morgan fingerprint density at radius 3 is 2.22 bits per heavy atom. The van der Waals surface area contributed by atoms with Crippen molar-refractivity contribution >= 4 is 64.1 Å². The molecule has 3 heterocycles. The fraction of sp³-hybridized carbons (Fsp3) is 0.268. The number of benzene rings is 3. The van der Waals surface area contributed by atoms with Gasteiger partial charge in [0.05, 0.1) is 21.4 Å². The Morgan fingerprint density at radius 2 is 1.43 bits per heavy atom. The number of halogens is 3. The van der Waals surface area contributed by atoms with Crippen LogP contribution in [0.2, 0.25) is 15.1 Å². The van der Waals surface area contributed by atoms with Crippen LogP contribution in [-0.4, -0.2) is 34.4 Å². The van der Waals surface area contributed by atoms with Crippen LogP contribution < -0.4 is 10.2 Å². The molecule has 0 atom stereocenters. The Labute approximate surface area is 319 Å². The van der Waals surface area contributed by atoms with Crippen LogP contribution in [0.1, 0.15) is 71.3 Å². The van der Waals surface area contributed by atoms with Gasteiger partial charge in [0.25, 0.3) is 11.8 Å². The van der Waals surface area contributed by atoms with Gasteiger partial charge in [0.2, 0.25) is 0 Å². The second kappa shape index (κ2) is 17.6. The number of para-hydroxylation sites is 1. The van der Waals surface area contributed by atoms with Crippen molar-refractivity contribution in [2.45, 2.75) is 62.1 Å². The number of aromatic nitrogens is 2. The minimum Gasteiger partial charge on any atom is -0.348 e. The number of carbonyl (C=O) groups excluding carboxylic acids is 2. The average Bonchev–Trinajstić information content (AvgIpc) is 3.15. The van der Waals surface area contributed by atoms with Crippen molar-refractivity contribution in [1.29, 1.82) is 0 Å². The molecule has 51 heavy (non-hydrogen) atoms. The first-order valence-corrected chi connectivity index (χ1v) is 19.3. The number of aryl methyl sites for hydroxylation is 1. The summed E-state index contributed by atoms with van der Waals surface area (Å²) in [5.41, 5.74) is 5.48. The molecule has 1 fully saturated rings. The minimum atomic E-state index is -0.0906. The first kappa shape index (κ1) is 36.9. The molecule has 1 aliphatic heterocycles. The van der Waals surface area contributed by atoms with E-state index in [0.717, 1.165) is 53.4 Å². The molecule has 1 aliphatic carbocycles. The lowest BCUT2D eigenvalue weighted by Gasteiger charge is -2.29. The molecule has 2 aromatic heterocycles.